The van der Waals surface area contributed by atoms with E-state index in [0.29, 0.717) is 19.8 Å². The molecule has 0 aliphatic carbocycles. The number of nitrogens with one attached hydrogen (secondary N) is 1. The van der Waals surface area contributed by atoms with Crippen molar-refractivity contribution in [3.8, 4) is 0 Å². The molecular weight excluding hydrogens is 304 g/mol. The van der Waals surface area contributed by atoms with Crippen LogP contribution in [0.15, 0.2) is 64.8 Å². The van der Waals surface area contributed by atoms with E-state index in [1.807, 2.05) is 54.6 Å². The summed E-state index contributed by atoms with van der Waals surface area (Å²) in [5, 5.41) is 11.2. The van der Waals surface area contributed by atoms with Gasteiger partial charge in [-0.25, -0.2) is 0 Å². The predicted octanol–water partition coefficient (Wildman–Crippen LogP) is 3.37. The highest BCUT2D eigenvalue weighted by Gasteiger charge is 2.13. The molecule has 24 heavy (non-hydrogen) atoms. The summed E-state index contributed by atoms with van der Waals surface area (Å²) in [6.45, 7) is 3.36. The number of hydrogen-bond acceptors (Lipinski definition) is 5. The molecule has 1 N–H and O–H groups in total. The van der Waals surface area contributed by atoms with Gasteiger partial charge in [-0.1, -0.05) is 18.2 Å². The van der Waals surface area contributed by atoms with Crippen molar-refractivity contribution in [1.82, 2.24) is 4.90 Å². The van der Waals surface area contributed by atoms with E-state index in [-0.39, 0.29) is 5.91 Å². The molecular formula is C18H20N4O2. The largest absolute Gasteiger partial charge is 0.379 e. The van der Waals surface area contributed by atoms with Crippen LogP contribution in [-0.4, -0.2) is 43.7 Å². The van der Waals surface area contributed by atoms with Gasteiger partial charge in [0.25, 0.3) is 0 Å². The minimum Gasteiger partial charge on any atom is -0.379 e. The van der Waals surface area contributed by atoms with Gasteiger partial charge in [-0.2, -0.15) is 10.2 Å². The number of rotatable bonds is 5. The van der Waals surface area contributed by atoms with E-state index in [1.165, 1.54) is 0 Å². The van der Waals surface area contributed by atoms with Crippen LogP contribution in [0.5, 0.6) is 0 Å². The first-order valence-corrected chi connectivity index (χ1v) is 7.96. The molecule has 0 aromatic heterocycles. The van der Waals surface area contributed by atoms with Crippen molar-refractivity contribution >= 4 is 23.0 Å². The van der Waals surface area contributed by atoms with Crippen molar-refractivity contribution in [2.24, 2.45) is 10.2 Å². The van der Waals surface area contributed by atoms with Crippen molar-refractivity contribution in [2.45, 2.75) is 0 Å². The van der Waals surface area contributed by atoms with Crippen LogP contribution in [0.3, 0.4) is 0 Å². The molecule has 1 aliphatic rings. The summed E-state index contributed by atoms with van der Waals surface area (Å²) in [5.41, 5.74) is 2.30. The predicted molar refractivity (Wildman–Crippen MR) is 92.9 cm³/mol. The van der Waals surface area contributed by atoms with Crippen molar-refractivity contribution in [3.05, 3.63) is 54.6 Å². The van der Waals surface area contributed by atoms with Gasteiger partial charge in [-0.3, -0.25) is 9.69 Å². The van der Waals surface area contributed by atoms with Crippen molar-refractivity contribution in [1.29, 1.82) is 0 Å². The van der Waals surface area contributed by atoms with E-state index in [9.17, 15) is 4.79 Å². The molecule has 1 fully saturated rings. The van der Waals surface area contributed by atoms with Gasteiger partial charge in [-0.15, -0.1) is 0 Å². The molecule has 124 valence electrons. The highest BCUT2D eigenvalue weighted by atomic mass is 16.5. The molecule has 0 unspecified atom stereocenters. The number of benzene rings is 2. The SMILES string of the molecule is O=C(CN1CCOCC1)Nc1ccc(N=Nc2ccccc2)cc1. The lowest BCUT2D eigenvalue weighted by Gasteiger charge is -2.25. The maximum atomic E-state index is 12.0. The van der Waals surface area contributed by atoms with E-state index in [4.69, 9.17) is 4.74 Å². The summed E-state index contributed by atoms with van der Waals surface area (Å²) in [6.07, 6.45) is 0. The Balaban J connectivity index is 1.52. The fourth-order valence-electron chi connectivity index (χ4n) is 2.38. The van der Waals surface area contributed by atoms with E-state index in [0.717, 1.165) is 30.2 Å². The molecule has 6 heteroatoms. The Bertz CT molecular complexity index is 680. The molecule has 1 amide bonds. The zero-order valence-corrected chi connectivity index (χ0v) is 13.4. The number of morpholine rings is 1. The van der Waals surface area contributed by atoms with E-state index in [2.05, 4.69) is 20.4 Å². The first-order chi connectivity index (χ1) is 11.8. The van der Waals surface area contributed by atoms with Gasteiger partial charge in [-0.05, 0) is 36.4 Å². The second-order valence-electron chi connectivity index (χ2n) is 5.52. The third-order valence-electron chi connectivity index (χ3n) is 3.66. The standard InChI is InChI=1S/C18H20N4O2/c23-18(14-22-10-12-24-13-11-22)19-15-6-8-17(9-7-15)21-20-16-4-2-1-3-5-16/h1-9H,10-14H2,(H,19,23). The Kier molecular flexibility index (Phi) is 5.65. The molecule has 1 saturated heterocycles. The van der Waals surface area contributed by atoms with Crippen molar-refractivity contribution in [2.75, 3.05) is 38.2 Å². The summed E-state index contributed by atoms with van der Waals surface area (Å²) in [4.78, 5) is 14.1. The highest BCUT2D eigenvalue weighted by Crippen LogP contribution is 2.20. The van der Waals surface area contributed by atoms with Gasteiger partial charge < -0.3 is 10.1 Å². The van der Waals surface area contributed by atoms with Crippen LogP contribution in [0.1, 0.15) is 0 Å². The fraction of sp³-hybridized carbons (Fsp3) is 0.278. The Morgan fingerprint density at radius 2 is 1.58 bits per heavy atom. The van der Waals surface area contributed by atoms with E-state index < -0.39 is 0 Å². The number of amides is 1. The van der Waals surface area contributed by atoms with Crippen LogP contribution >= 0.6 is 0 Å². The molecule has 2 aromatic carbocycles. The number of ether oxygens (including phenoxy) is 1. The molecule has 3 rings (SSSR count). The van der Waals surface area contributed by atoms with Crippen LogP contribution in [-0.2, 0) is 9.53 Å². The van der Waals surface area contributed by atoms with E-state index >= 15 is 0 Å². The Morgan fingerprint density at radius 1 is 0.958 bits per heavy atom. The summed E-state index contributed by atoms with van der Waals surface area (Å²) >= 11 is 0. The van der Waals surface area contributed by atoms with Crippen LogP contribution in [0.2, 0.25) is 0 Å². The topological polar surface area (TPSA) is 66.3 Å². The molecule has 0 radical (unpaired) electrons. The number of nitrogens with zero attached hydrogens (tertiary/aromatic N) is 3. The fourth-order valence-corrected chi connectivity index (χ4v) is 2.38. The quantitative estimate of drug-likeness (QED) is 0.858. The zero-order valence-electron chi connectivity index (χ0n) is 13.4. The number of azo groups is 1. The van der Waals surface area contributed by atoms with Gasteiger partial charge in [0.05, 0.1) is 31.1 Å². The minimum atomic E-state index is -0.0180. The second-order valence-corrected chi connectivity index (χ2v) is 5.52. The van der Waals surface area contributed by atoms with Crippen molar-refractivity contribution in [3.63, 3.8) is 0 Å². The van der Waals surface area contributed by atoms with Gasteiger partial charge in [0.1, 0.15) is 0 Å². The average Bonchev–Trinajstić information content (AvgIpc) is 2.63. The summed E-state index contributed by atoms with van der Waals surface area (Å²) in [6, 6.07) is 16.9. The number of carbonyl (C=O) groups is 1. The summed E-state index contributed by atoms with van der Waals surface area (Å²) < 4.78 is 5.27. The molecule has 0 bridgehead atoms. The molecule has 0 saturated carbocycles. The Labute approximate surface area is 141 Å². The lowest BCUT2D eigenvalue weighted by molar-refractivity contribution is -0.118. The number of anilines is 1. The molecule has 0 spiro atoms. The van der Waals surface area contributed by atoms with E-state index in [1.54, 1.807) is 0 Å². The summed E-state index contributed by atoms with van der Waals surface area (Å²) in [7, 11) is 0. The highest BCUT2D eigenvalue weighted by molar-refractivity contribution is 5.92. The molecule has 2 aromatic rings. The second kappa shape index (κ2) is 8.33. The normalized spacial score (nSPS) is 15.5. The molecule has 1 heterocycles. The van der Waals surface area contributed by atoms with Crippen LogP contribution in [0, 0.1) is 0 Å². The zero-order chi connectivity index (χ0) is 16.6. The molecule has 1 aliphatic heterocycles. The molecule has 0 atom stereocenters. The Morgan fingerprint density at radius 3 is 2.25 bits per heavy atom. The minimum absolute atomic E-state index is 0.0180. The number of hydrogen-bond donors (Lipinski definition) is 1. The lowest BCUT2D eigenvalue weighted by Crippen LogP contribution is -2.41. The first kappa shape index (κ1) is 16.3. The van der Waals surface area contributed by atoms with Gasteiger partial charge in [0, 0.05) is 18.8 Å². The maximum Gasteiger partial charge on any atom is 0.238 e. The Hall–Kier alpha value is -2.57. The molecule has 6 nitrogen and oxygen atoms in total. The third kappa shape index (κ3) is 4.97. The lowest BCUT2D eigenvalue weighted by atomic mass is 10.3. The summed E-state index contributed by atoms with van der Waals surface area (Å²) in [5.74, 6) is -0.0180. The monoisotopic (exact) mass is 324 g/mol. The van der Waals surface area contributed by atoms with Crippen LogP contribution in [0.4, 0.5) is 17.1 Å². The van der Waals surface area contributed by atoms with Crippen LogP contribution < -0.4 is 5.32 Å². The van der Waals surface area contributed by atoms with Gasteiger partial charge in [0.15, 0.2) is 0 Å². The van der Waals surface area contributed by atoms with Gasteiger partial charge >= 0.3 is 0 Å². The van der Waals surface area contributed by atoms with Gasteiger partial charge in [0.2, 0.25) is 5.91 Å². The smallest absolute Gasteiger partial charge is 0.238 e. The number of carbonyl (C=O) groups excluding carboxylic acids is 1. The average molecular weight is 324 g/mol. The van der Waals surface area contributed by atoms with Crippen molar-refractivity contribution < 1.29 is 9.53 Å². The maximum absolute atomic E-state index is 12.0. The first-order valence-electron chi connectivity index (χ1n) is 7.96. The third-order valence-corrected chi connectivity index (χ3v) is 3.66. The van der Waals surface area contributed by atoms with Crippen LogP contribution in [0.25, 0.3) is 0 Å².